The van der Waals surface area contributed by atoms with E-state index in [0.717, 1.165) is 11.6 Å². The van der Waals surface area contributed by atoms with Crippen molar-refractivity contribution in [2.45, 2.75) is 45.8 Å². The fourth-order valence-electron chi connectivity index (χ4n) is 3.36. The van der Waals surface area contributed by atoms with Crippen LogP contribution in [0.15, 0.2) is 63.8 Å². The van der Waals surface area contributed by atoms with Gasteiger partial charge >= 0.3 is 17.7 Å². The number of carbonyl (C=O) groups excluding carboxylic acids is 3. The minimum absolute atomic E-state index is 0.0736. The molecule has 0 unspecified atom stereocenters. The van der Waals surface area contributed by atoms with Gasteiger partial charge in [0.15, 0.2) is 0 Å². The zero-order valence-corrected chi connectivity index (χ0v) is 20.0. The molecule has 0 radical (unpaired) electrons. The minimum Gasteiger partial charge on any atom is -0.462 e. The third-order valence-electron chi connectivity index (χ3n) is 4.80. The van der Waals surface area contributed by atoms with Gasteiger partial charge in [-0.15, -0.1) is 0 Å². The number of anilines is 1. The summed E-state index contributed by atoms with van der Waals surface area (Å²) in [5, 5.41) is 5.72. The number of benzene rings is 2. The van der Waals surface area contributed by atoms with Gasteiger partial charge in [0, 0.05) is 29.6 Å². The van der Waals surface area contributed by atoms with Crippen molar-refractivity contribution < 1.29 is 28.3 Å². The zero-order chi connectivity index (χ0) is 25.6. The summed E-state index contributed by atoms with van der Waals surface area (Å²) in [6.07, 6.45) is -0.501. The number of hydrogen-bond donors (Lipinski definition) is 2. The molecular weight excluding hydrogens is 452 g/mol. The number of nitrogens with one attached hydrogen (secondary N) is 2. The average Bonchev–Trinajstić information content (AvgIpc) is 2.77. The number of hydrogen-bond acceptors (Lipinski definition) is 7. The van der Waals surface area contributed by atoms with Crippen LogP contribution >= 0.6 is 0 Å². The zero-order valence-electron chi connectivity index (χ0n) is 20.0. The second kappa shape index (κ2) is 10.9. The van der Waals surface area contributed by atoms with Gasteiger partial charge in [-0.25, -0.2) is 14.4 Å². The lowest BCUT2D eigenvalue weighted by atomic mass is 10.0. The van der Waals surface area contributed by atoms with Gasteiger partial charge < -0.3 is 24.5 Å². The van der Waals surface area contributed by atoms with Crippen LogP contribution in [-0.2, 0) is 20.7 Å². The van der Waals surface area contributed by atoms with Gasteiger partial charge in [-0.3, -0.25) is 4.79 Å². The minimum atomic E-state index is -0.944. The summed E-state index contributed by atoms with van der Waals surface area (Å²) in [5.74, 6) is -1.14. The maximum absolute atomic E-state index is 13.1. The summed E-state index contributed by atoms with van der Waals surface area (Å²) < 4.78 is 15.5. The topological polar surface area (TPSA) is 124 Å². The van der Waals surface area contributed by atoms with Gasteiger partial charge in [-0.1, -0.05) is 30.3 Å². The van der Waals surface area contributed by atoms with E-state index in [9.17, 15) is 19.2 Å². The van der Waals surface area contributed by atoms with E-state index in [1.807, 2.05) is 30.3 Å². The Balaban J connectivity index is 1.86. The van der Waals surface area contributed by atoms with Gasteiger partial charge in [0.1, 0.15) is 17.2 Å². The molecule has 0 bridgehead atoms. The number of amides is 2. The second-order valence-corrected chi connectivity index (χ2v) is 8.79. The molecule has 3 rings (SSSR count). The van der Waals surface area contributed by atoms with Gasteiger partial charge in [0.25, 0.3) is 0 Å². The molecule has 0 aliphatic rings. The van der Waals surface area contributed by atoms with Crippen molar-refractivity contribution in [2.75, 3.05) is 11.9 Å². The smallest absolute Gasteiger partial charge is 0.408 e. The highest BCUT2D eigenvalue weighted by Gasteiger charge is 2.25. The second-order valence-electron chi connectivity index (χ2n) is 8.79. The van der Waals surface area contributed by atoms with Crippen molar-refractivity contribution in [3.63, 3.8) is 0 Å². The van der Waals surface area contributed by atoms with Crippen molar-refractivity contribution in [1.82, 2.24) is 5.32 Å². The predicted molar refractivity (Wildman–Crippen MR) is 130 cm³/mol. The molecular formula is C26H28N2O7. The Morgan fingerprint density at radius 2 is 1.74 bits per heavy atom. The summed E-state index contributed by atoms with van der Waals surface area (Å²) in [4.78, 5) is 49.7. The molecule has 2 amide bonds. The molecule has 1 heterocycles. The first-order valence-corrected chi connectivity index (χ1v) is 11.1. The molecule has 35 heavy (non-hydrogen) atoms. The van der Waals surface area contributed by atoms with Crippen LogP contribution in [0.2, 0.25) is 0 Å². The highest BCUT2D eigenvalue weighted by Crippen LogP contribution is 2.22. The van der Waals surface area contributed by atoms with E-state index in [4.69, 9.17) is 13.9 Å². The first kappa shape index (κ1) is 25.5. The number of esters is 1. The first-order valence-electron chi connectivity index (χ1n) is 11.1. The Hall–Kier alpha value is -4.14. The summed E-state index contributed by atoms with van der Waals surface area (Å²) >= 11 is 0. The standard InChI is InChI=1S/C26H28N2O7/c1-5-33-24(31)19-15-22(29)34-21-14-17(11-12-18(19)21)27-23(30)20(13-16-9-7-6-8-10-16)28-25(32)35-26(2,3)4/h6-12,14-15,20H,5,13H2,1-4H3,(H,27,30)(H,28,32)/t20-/m0/s1. The SMILES string of the molecule is CCOC(=O)c1cc(=O)oc2cc(NC(=O)[C@H](Cc3ccccc3)NC(=O)OC(C)(C)C)ccc12. The summed E-state index contributed by atoms with van der Waals surface area (Å²) in [7, 11) is 0. The lowest BCUT2D eigenvalue weighted by molar-refractivity contribution is -0.118. The fraction of sp³-hybridized carbons (Fsp3) is 0.308. The van der Waals surface area contributed by atoms with Crippen molar-refractivity contribution in [3.05, 3.63) is 76.1 Å². The highest BCUT2D eigenvalue weighted by atomic mass is 16.6. The molecule has 0 aliphatic carbocycles. The van der Waals surface area contributed by atoms with Gasteiger partial charge in [0.05, 0.1) is 12.2 Å². The average molecular weight is 481 g/mol. The third kappa shape index (κ3) is 7.17. The van der Waals surface area contributed by atoms with E-state index >= 15 is 0 Å². The van der Waals surface area contributed by atoms with E-state index in [-0.39, 0.29) is 24.2 Å². The van der Waals surface area contributed by atoms with Gasteiger partial charge in [-0.05, 0) is 45.4 Å². The highest BCUT2D eigenvalue weighted by molar-refractivity contribution is 6.04. The fourth-order valence-corrected chi connectivity index (χ4v) is 3.36. The first-order chi connectivity index (χ1) is 16.6. The largest absolute Gasteiger partial charge is 0.462 e. The Morgan fingerprint density at radius 1 is 1.03 bits per heavy atom. The third-order valence-corrected chi connectivity index (χ3v) is 4.80. The Bertz CT molecular complexity index is 1280. The molecule has 2 aromatic carbocycles. The van der Waals surface area contributed by atoms with Gasteiger partial charge in [0.2, 0.25) is 5.91 Å². The Morgan fingerprint density at radius 3 is 2.40 bits per heavy atom. The predicted octanol–water partition coefficient (Wildman–Crippen LogP) is 4.04. The normalized spacial score (nSPS) is 12.0. The molecule has 184 valence electrons. The van der Waals surface area contributed by atoms with Crippen molar-refractivity contribution in [2.24, 2.45) is 0 Å². The lowest BCUT2D eigenvalue weighted by Gasteiger charge is -2.23. The molecule has 9 heteroatoms. The van der Waals surface area contributed by atoms with Crippen LogP contribution in [0.5, 0.6) is 0 Å². The summed E-state index contributed by atoms with van der Waals surface area (Å²) in [6.45, 7) is 7.00. The van der Waals surface area contributed by atoms with Crippen LogP contribution in [0.1, 0.15) is 43.6 Å². The molecule has 0 fully saturated rings. The quantitative estimate of drug-likeness (QED) is 0.386. The van der Waals surface area contributed by atoms with E-state index in [2.05, 4.69) is 10.6 Å². The van der Waals surface area contributed by atoms with Crippen LogP contribution < -0.4 is 16.3 Å². The molecule has 0 saturated heterocycles. The number of carbonyl (C=O) groups is 3. The van der Waals surface area contributed by atoms with E-state index < -0.39 is 35.2 Å². The summed E-state index contributed by atoms with van der Waals surface area (Å²) in [5.41, 5.74) is -0.118. The molecule has 1 aromatic heterocycles. The van der Waals surface area contributed by atoms with Gasteiger partial charge in [-0.2, -0.15) is 0 Å². The lowest BCUT2D eigenvalue weighted by Crippen LogP contribution is -2.47. The van der Waals surface area contributed by atoms with Crippen LogP contribution in [0.25, 0.3) is 11.0 Å². The molecule has 2 N–H and O–H groups in total. The maximum atomic E-state index is 13.1. The van der Waals surface area contributed by atoms with Crippen LogP contribution in [0.3, 0.4) is 0 Å². The van der Waals surface area contributed by atoms with Crippen molar-refractivity contribution >= 4 is 34.6 Å². The Labute approximate surface area is 202 Å². The van der Waals surface area contributed by atoms with Crippen LogP contribution in [0, 0.1) is 0 Å². The molecule has 0 aliphatic heterocycles. The van der Waals surface area contributed by atoms with E-state index in [1.165, 1.54) is 6.07 Å². The number of rotatable bonds is 7. The molecule has 0 spiro atoms. The number of alkyl carbamates (subject to hydrolysis) is 1. The monoisotopic (exact) mass is 480 g/mol. The maximum Gasteiger partial charge on any atom is 0.408 e. The molecule has 9 nitrogen and oxygen atoms in total. The van der Waals surface area contributed by atoms with Crippen molar-refractivity contribution in [1.29, 1.82) is 0 Å². The molecule has 0 saturated carbocycles. The van der Waals surface area contributed by atoms with Crippen LogP contribution in [0.4, 0.5) is 10.5 Å². The van der Waals surface area contributed by atoms with E-state index in [1.54, 1.807) is 39.8 Å². The number of ether oxygens (including phenoxy) is 2. The molecule has 1 atom stereocenters. The van der Waals surface area contributed by atoms with Crippen molar-refractivity contribution in [3.8, 4) is 0 Å². The number of fused-ring (bicyclic) bond motifs is 1. The van der Waals surface area contributed by atoms with E-state index in [0.29, 0.717) is 11.1 Å². The molecule has 3 aromatic rings. The summed E-state index contributed by atoms with van der Waals surface area (Å²) in [6, 6.07) is 13.9. The van der Waals surface area contributed by atoms with Crippen LogP contribution in [-0.4, -0.2) is 36.2 Å². The Kier molecular flexibility index (Phi) is 7.91.